The fourth-order valence-electron chi connectivity index (χ4n) is 1.72. The first-order valence-electron chi connectivity index (χ1n) is 5.79. The van der Waals surface area contributed by atoms with E-state index in [9.17, 15) is 0 Å². The van der Waals surface area contributed by atoms with Crippen LogP contribution < -0.4 is 5.32 Å². The molecule has 1 unspecified atom stereocenters. The molecule has 2 aromatic rings. The molecule has 18 heavy (non-hydrogen) atoms. The van der Waals surface area contributed by atoms with Crippen LogP contribution >= 0.6 is 0 Å². The number of aromatic nitrogens is 3. The Morgan fingerprint density at radius 1 is 1.39 bits per heavy atom. The number of nitrogens with one attached hydrogen (secondary N) is 1. The van der Waals surface area contributed by atoms with E-state index in [-0.39, 0.29) is 5.92 Å². The lowest BCUT2D eigenvalue weighted by atomic mass is 10.0. The van der Waals surface area contributed by atoms with E-state index in [1.54, 1.807) is 11.0 Å². The van der Waals surface area contributed by atoms with Crippen LogP contribution in [0.1, 0.15) is 17.3 Å². The van der Waals surface area contributed by atoms with Crippen molar-refractivity contribution >= 4 is 0 Å². The second-order valence-electron chi connectivity index (χ2n) is 4.06. The van der Waals surface area contributed by atoms with E-state index in [1.807, 2.05) is 37.4 Å². The van der Waals surface area contributed by atoms with Crippen molar-refractivity contribution < 1.29 is 0 Å². The molecule has 0 aliphatic carbocycles. The second-order valence-corrected chi connectivity index (χ2v) is 4.06. The predicted octanol–water partition coefficient (Wildman–Crippen LogP) is 1.21. The number of benzene rings is 1. The maximum absolute atomic E-state index is 9.16. The molecule has 0 aliphatic rings. The highest BCUT2D eigenvalue weighted by atomic mass is 15.3. The van der Waals surface area contributed by atoms with Crippen molar-refractivity contribution in [3.8, 4) is 6.07 Å². The zero-order valence-electron chi connectivity index (χ0n) is 10.2. The van der Waals surface area contributed by atoms with Crippen LogP contribution in [-0.2, 0) is 13.6 Å². The summed E-state index contributed by atoms with van der Waals surface area (Å²) in [7, 11) is 1.83. The summed E-state index contributed by atoms with van der Waals surface area (Å²) in [5, 5.41) is 16.5. The molecule has 0 saturated carbocycles. The third-order valence-corrected chi connectivity index (χ3v) is 2.64. The topological polar surface area (TPSA) is 66.5 Å². The molecule has 5 heteroatoms. The Bertz CT molecular complexity index is 526. The lowest BCUT2D eigenvalue weighted by Crippen LogP contribution is -2.21. The van der Waals surface area contributed by atoms with Crippen LogP contribution in [0.5, 0.6) is 0 Å². The summed E-state index contributed by atoms with van der Waals surface area (Å²) in [5.74, 6) is 0.595. The highest BCUT2D eigenvalue weighted by Crippen LogP contribution is 2.13. The summed E-state index contributed by atoms with van der Waals surface area (Å²) < 4.78 is 1.66. The van der Waals surface area contributed by atoms with Crippen LogP contribution in [0.2, 0.25) is 0 Å². The molecule has 1 atom stereocenters. The Hall–Kier alpha value is -2.19. The van der Waals surface area contributed by atoms with Gasteiger partial charge in [0.25, 0.3) is 0 Å². The molecule has 92 valence electrons. The normalized spacial score (nSPS) is 12.0. The number of hydrogen-bond donors (Lipinski definition) is 1. The van der Waals surface area contributed by atoms with Gasteiger partial charge in [0, 0.05) is 13.6 Å². The second kappa shape index (κ2) is 5.94. The molecule has 2 rings (SSSR count). The van der Waals surface area contributed by atoms with Crippen molar-refractivity contribution in [2.75, 3.05) is 6.54 Å². The SMILES string of the molecule is Cn1cnc(CNCC(C#N)c2ccccc2)n1. The van der Waals surface area contributed by atoms with E-state index in [2.05, 4.69) is 21.5 Å². The first kappa shape index (κ1) is 12.3. The summed E-state index contributed by atoms with van der Waals surface area (Å²) in [6.45, 7) is 1.17. The minimum absolute atomic E-state index is 0.144. The van der Waals surface area contributed by atoms with Gasteiger partial charge in [-0.3, -0.25) is 4.68 Å². The third-order valence-electron chi connectivity index (χ3n) is 2.64. The summed E-state index contributed by atoms with van der Waals surface area (Å²) >= 11 is 0. The molecule has 0 amide bonds. The van der Waals surface area contributed by atoms with Crippen LogP contribution in [0.3, 0.4) is 0 Å². The van der Waals surface area contributed by atoms with Crippen molar-refractivity contribution in [2.24, 2.45) is 7.05 Å². The van der Waals surface area contributed by atoms with Gasteiger partial charge in [-0.15, -0.1) is 0 Å². The van der Waals surface area contributed by atoms with E-state index in [4.69, 9.17) is 5.26 Å². The van der Waals surface area contributed by atoms with Gasteiger partial charge in [-0.25, -0.2) is 4.98 Å². The average molecular weight is 241 g/mol. The van der Waals surface area contributed by atoms with Gasteiger partial charge in [0.05, 0.1) is 18.5 Å². The van der Waals surface area contributed by atoms with Crippen molar-refractivity contribution in [3.05, 3.63) is 48.0 Å². The average Bonchev–Trinajstić information content (AvgIpc) is 2.81. The summed E-state index contributed by atoms with van der Waals surface area (Å²) in [5.41, 5.74) is 1.03. The number of hydrogen-bond acceptors (Lipinski definition) is 4. The molecule has 0 radical (unpaired) electrons. The van der Waals surface area contributed by atoms with Crippen molar-refractivity contribution in [3.63, 3.8) is 0 Å². The minimum atomic E-state index is -0.144. The molecule has 0 fully saturated rings. The number of nitrogens with zero attached hydrogens (tertiary/aromatic N) is 4. The Morgan fingerprint density at radius 3 is 2.78 bits per heavy atom. The monoisotopic (exact) mass is 241 g/mol. The van der Waals surface area contributed by atoms with Gasteiger partial charge >= 0.3 is 0 Å². The van der Waals surface area contributed by atoms with Gasteiger partial charge in [-0.2, -0.15) is 10.4 Å². The van der Waals surface area contributed by atoms with Gasteiger partial charge in [0.1, 0.15) is 6.33 Å². The molecular formula is C13H15N5. The highest BCUT2D eigenvalue weighted by Gasteiger charge is 2.09. The molecule has 1 heterocycles. The van der Waals surface area contributed by atoms with Crippen molar-refractivity contribution in [2.45, 2.75) is 12.5 Å². The largest absolute Gasteiger partial charge is 0.308 e. The van der Waals surface area contributed by atoms with Crippen molar-refractivity contribution in [1.82, 2.24) is 20.1 Å². The number of aryl methyl sites for hydroxylation is 1. The molecule has 0 spiro atoms. The van der Waals surface area contributed by atoms with E-state index < -0.39 is 0 Å². The maximum atomic E-state index is 9.16. The molecule has 0 aliphatic heterocycles. The molecule has 5 nitrogen and oxygen atoms in total. The Labute approximate surface area is 106 Å². The first-order valence-corrected chi connectivity index (χ1v) is 5.79. The van der Waals surface area contributed by atoms with Crippen LogP contribution in [-0.4, -0.2) is 21.3 Å². The van der Waals surface area contributed by atoms with Gasteiger partial charge < -0.3 is 5.32 Å². The fraction of sp³-hybridized carbons (Fsp3) is 0.308. The standard InChI is InChI=1S/C13H15N5/c1-18-10-16-13(17-18)9-15-8-12(7-14)11-5-3-2-4-6-11/h2-6,10,12,15H,8-9H2,1H3. The zero-order chi connectivity index (χ0) is 12.8. The molecule has 1 N–H and O–H groups in total. The van der Waals surface area contributed by atoms with Crippen LogP contribution in [0.4, 0.5) is 0 Å². The number of rotatable bonds is 5. The lowest BCUT2D eigenvalue weighted by molar-refractivity contribution is 0.623. The van der Waals surface area contributed by atoms with E-state index >= 15 is 0 Å². The molecule has 1 aromatic heterocycles. The van der Waals surface area contributed by atoms with Gasteiger partial charge in [0.2, 0.25) is 0 Å². The van der Waals surface area contributed by atoms with Gasteiger partial charge in [0.15, 0.2) is 5.82 Å². The van der Waals surface area contributed by atoms with E-state index in [0.717, 1.165) is 11.4 Å². The molecule has 1 aromatic carbocycles. The zero-order valence-corrected chi connectivity index (χ0v) is 10.2. The quantitative estimate of drug-likeness (QED) is 0.854. The number of nitriles is 1. The van der Waals surface area contributed by atoms with E-state index in [1.165, 1.54) is 0 Å². The smallest absolute Gasteiger partial charge is 0.164 e. The Balaban J connectivity index is 1.87. The van der Waals surface area contributed by atoms with Crippen LogP contribution in [0.25, 0.3) is 0 Å². The molecule has 0 saturated heterocycles. The molecular weight excluding hydrogens is 226 g/mol. The van der Waals surface area contributed by atoms with Gasteiger partial charge in [-0.05, 0) is 5.56 Å². The summed E-state index contributed by atoms with van der Waals surface area (Å²) in [6.07, 6.45) is 1.66. The van der Waals surface area contributed by atoms with Crippen molar-refractivity contribution in [1.29, 1.82) is 5.26 Å². The first-order chi connectivity index (χ1) is 8.79. The lowest BCUT2D eigenvalue weighted by Gasteiger charge is -2.09. The van der Waals surface area contributed by atoms with Gasteiger partial charge in [-0.1, -0.05) is 30.3 Å². The fourth-order valence-corrected chi connectivity index (χ4v) is 1.72. The maximum Gasteiger partial charge on any atom is 0.164 e. The van der Waals surface area contributed by atoms with Crippen LogP contribution in [0, 0.1) is 11.3 Å². The summed E-state index contributed by atoms with van der Waals surface area (Å²) in [4.78, 5) is 4.12. The minimum Gasteiger partial charge on any atom is -0.308 e. The van der Waals surface area contributed by atoms with E-state index in [0.29, 0.717) is 13.1 Å². The summed E-state index contributed by atoms with van der Waals surface area (Å²) in [6, 6.07) is 12.1. The Kier molecular flexibility index (Phi) is 4.05. The highest BCUT2D eigenvalue weighted by molar-refractivity contribution is 5.24. The molecule has 0 bridgehead atoms. The third kappa shape index (κ3) is 3.15. The predicted molar refractivity (Wildman–Crippen MR) is 67.5 cm³/mol. The Morgan fingerprint density at radius 2 is 2.17 bits per heavy atom. The van der Waals surface area contributed by atoms with Crippen LogP contribution in [0.15, 0.2) is 36.7 Å².